The van der Waals surface area contributed by atoms with E-state index >= 15 is 0 Å². The molecule has 1 fully saturated rings. The quantitative estimate of drug-likeness (QED) is 0.852. The van der Waals surface area contributed by atoms with E-state index in [4.69, 9.17) is 0 Å². The summed E-state index contributed by atoms with van der Waals surface area (Å²) in [4.78, 5) is 10.6. The predicted molar refractivity (Wildman–Crippen MR) is 62.7 cm³/mol. The van der Waals surface area contributed by atoms with E-state index in [1.54, 1.807) is 0 Å². The van der Waals surface area contributed by atoms with Crippen LogP contribution in [0.3, 0.4) is 0 Å². The van der Waals surface area contributed by atoms with Crippen LogP contribution in [0.25, 0.3) is 0 Å². The summed E-state index contributed by atoms with van der Waals surface area (Å²) in [7, 11) is -4.27. The third-order valence-corrected chi connectivity index (χ3v) is 4.25. The Bertz CT molecular complexity index is 604. The van der Waals surface area contributed by atoms with Gasteiger partial charge in [-0.15, -0.1) is 0 Å². The van der Waals surface area contributed by atoms with Gasteiger partial charge in [-0.05, 0) is 31.0 Å². The van der Waals surface area contributed by atoms with E-state index in [1.807, 2.05) is 0 Å². The lowest BCUT2D eigenvalue weighted by atomic mass is 10.1. The van der Waals surface area contributed by atoms with Crippen molar-refractivity contribution >= 4 is 15.9 Å². The zero-order valence-corrected chi connectivity index (χ0v) is 10.6. The standard InChI is InChI=1S/C11H12F2N2O3S/c12-7-3-4-8(13)10(6-7)19(17,18)15-9-2-1-5-14-11(9)16/h3-4,6,9,15H,1-2,5H2,(H,14,16). The van der Waals surface area contributed by atoms with Crippen molar-refractivity contribution in [2.75, 3.05) is 6.54 Å². The van der Waals surface area contributed by atoms with Crippen molar-refractivity contribution in [1.82, 2.24) is 10.0 Å². The molecule has 1 saturated heterocycles. The first-order chi connectivity index (χ1) is 8.90. The van der Waals surface area contributed by atoms with Crippen LogP contribution < -0.4 is 10.0 Å². The molecule has 0 aliphatic carbocycles. The van der Waals surface area contributed by atoms with Gasteiger partial charge < -0.3 is 5.32 Å². The molecule has 1 amide bonds. The summed E-state index contributed by atoms with van der Waals surface area (Å²) in [5.74, 6) is -2.40. The number of amides is 1. The van der Waals surface area contributed by atoms with Gasteiger partial charge in [0.15, 0.2) is 0 Å². The molecule has 0 spiro atoms. The van der Waals surface area contributed by atoms with Crippen molar-refractivity contribution in [2.24, 2.45) is 0 Å². The molecule has 1 aromatic carbocycles. The highest BCUT2D eigenvalue weighted by molar-refractivity contribution is 7.89. The van der Waals surface area contributed by atoms with Crippen molar-refractivity contribution in [2.45, 2.75) is 23.8 Å². The molecule has 19 heavy (non-hydrogen) atoms. The van der Waals surface area contributed by atoms with Gasteiger partial charge in [0.25, 0.3) is 0 Å². The van der Waals surface area contributed by atoms with Crippen LogP contribution in [-0.4, -0.2) is 26.9 Å². The van der Waals surface area contributed by atoms with E-state index in [0.29, 0.717) is 25.5 Å². The molecule has 2 rings (SSSR count). The molecule has 5 nitrogen and oxygen atoms in total. The summed E-state index contributed by atoms with van der Waals surface area (Å²) in [5, 5.41) is 2.50. The van der Waals surface area contributed by atoms with E-state index in [-0.39, 0.29) is 0 Å². The number of nitrogens with one attached hydrogen (secondary N) is 2. The molecule has 1 aliphatic rings. The Morgan fingerprint density at radius 3 is 2.74 bits per heavy atom. The first-order valence-electron chi connectivity index (χ1n) is 5.65. The topological polar surface area (TPSA) is 75.3 Å². The summed E-state index contributed by atoms with van der Waals surface area (Å²) in [6, 6.07) is 1.17. The Morgan fingerprint density at radius 2 is 2.05 bits per heavy atom. The SMILES string of the molecule is O=C1NCCCC1NS(=O)(=O)c1cc(F)ccc1F. The third kappa shape index (κ3) is 3.07. The fourth-order valence-electron chi connectivity index (χ4n) is 1.82. The maximum absolute atomic E-state index is 13.4. The van der Waals surface area contributed by atoms with Crippen LogP contribution >= 0.6 is 0 Å². The van der Waals surface area contributed by atoms with Gasteiger partial charge in [-0.2, -0.15) is 4.72 Å². The molecule has 0 bridgehead atoms. The van der Waals surface area contributed by atoms with Gasteiger partial charge in [-0.3, -0.25) is 4.79 Å². The van der Waals surface area contributed by atoms with Gasteiger partial charge >= 0.3 is 0 Å². The largest absolute Gasteiger partial charge is 0.355 e. The average Bonchev–Trinajstić information content (AvgIpc) is 2.35. The minimum atomic E-state index is -4.27. The van der Waals surface area contributed by atoms with Gasteiger partial charge in [0.05, 0.1) is 0 Å². The van der Waals surface area contributed by atoms with Crippen LogP contribution in [0.15, 0.2) is 23.1 Å². The molecule has 1 heterocycles. The number of piperidine rings is 1. The number of rotatable bonds is 3. The molecular weight excluding hydrogens is 278 g/mol. The fraction of sp³-hybridized carbons (Fsp3) is 0.364. The first kappa shape index (κ1) is 13.9. The molecule has 1 unspecified atom stereocenters. The van der Waals surface area contributed by atoms with Gasteiger partial charge in [-0.1, -0.05) is 0 Å². The van der Waals surface area contributed by atoms with Crippen LogP contribution in [0.1, 0.15) is 12.8 Å². The lowest BCUT2D eigenvalue weighted by Crippen LogP contribution is -2.50. The Hall–Kier alpha value is -1.54. The van der Waals surface area contributed by atoms with Crippen molar-refractivity contribution in [3.05, 3.63) is 29.8 Å². The van der Waals surface area contributed by atoms with Gasteiger partial charge in [0, 0.05) is 6.54 Å². The highest BCUT2D eigenvalue weighted by Gasteiger charge is 2.29. The number of hydrogen-bond donors (Lipinski definition) is 2. The van der Waals surface area contributed by atoms with Crippen molar-refractivity contribution < 1.29 is 22.0 Å². The average molecular weight is 290 g/mol. The smallest absolute Gasteiger partial charge is 0.244 e. The predicted octanol–water partition coefficient (Wildman–Crippen LogP) is 0.522. The van der Waals surface area contributed by atoms with Gasteiger partial charge in [-0.25, -0.2) is 17.2 Å². The summed E-state index contributed by atoms with van der Waals surface area (Å²) in [6.07, 6.45) is 0.937. The molecule has 1 aliphatic heterocycles. The number of carbonyl (C=O) groups excluding carboxylic acids is 1. The van der Waals surface area contributed by atoms with Crippen molar-refractivity contribution in [3.8, 4) is 0 Å². The van der Waals surface area contributed by atoms with Crippen molar-refractivity contribution in [3.63, 3.8) is 0 Å². The maximum atomic E-state index is 13.4. The zero-order valence-electron chi connectivity index (χ0n) is 9.82. The summed E-state index contributed by atoms with van der Waals surface area (Å²) in [5.41, 5.74) is 0. The molecule has 1 atom stereocenters. The molecule has 0 saturated carbocycles. The van der Waals surface area contributed by atoms with Crippen LogP contribution in [-0.2, 0) is 14.8 Å². The van der Waals surface area contributed by atoms with E-state index in [0.717, 1.165) is 12.1 Å². The minimum Gasteiger partial charge on any atom is -0.355 e. The number of sulfonamides is 1. The molecule has 2 N–H and O–H groups in total. The normalized spacial score (nSPS) is 20.1. The van der Waals surface area contributed by atoms with Crippen molar-refractivity contribution in [1.29, 1.82) is 0 Å². The highest BCUT2D eigenvalue weighted by atomic mass is 32.2. The van der Waals surface area contributed by atoms with Crippen LogP contribution in [0, 0.1) is 11.6 Å². The van der Waals surface area contributed by atoms with E-state index in [9.17, 15) is 22.0 Å². The van der Waals surface area contributed by atoms with Crippen LogP contribution in [0.5, 0.6) is 0 Å². The van der Waals surface area contributed by atoms with Crippen LogP contribution in [0.2, 0.25) is 0 Å². The molecule has 0 aromatic heterocycles. The molecule has 104 valence electrons. The number of benzene rings is 1. The molecule has 0 radical (unpaired) electrons. The monoisotopic (exact) mass is 290 g/mol. The summed E-state index contributed by atoms with van der Waals surface area (Å²) < 4.78 is 52.4. The second-order valence-corrected chi connectivity index (χ2v) is 5.86. The van der Waals surface area contributed by atoms with Gasteiger partial charge in [0.1, 0.15) is 22.6 Å². The zero-order chi connectivity index (χ0) is 14.0. The number of halogens is 2. The minimum absolute atomic E-state index is 0.321. The third-order valence-electron chi connectivity index (χ3n) is 2.77. The van der Waals surface area contributed by atoms with E-state index in [1.165, 1.54) is 0 Å². The summed E-state index contributed by atoms with van der Waals surface area (Å²) >= 11 is 0. The Morgan fingerprint density at radius 1 is 1.32 bits per heavy atom. The Kier molecular flexibility index (Phi) is 3.81. The molecular formula is C11H12F2N2O3S. The lowest BCUT2D eigenvalue weighted by Gasteiger charge is -2.22. The van der Waals surface area contributed by atoms with Crippen LogP contribution in [0.4, 0.5) is 8.78 Å². The Balaban J connectivity index is 2.27. The highest BCUT2D eigenvalue weighted by Crippen LogP contribution is 2.17. The summed E-state index contributed by atoms with van der Waals surface area (Å²) in [6.45, 7) is 0.478. The fourth-order valence-corrected chi connectivity index (χ4v) is 3.14. The number of hydrogen-bond acceptors (Lipinski definition) is 3. The van der Waals surface area contributed by atoms with E-state index < -0.39 is 38.5 Å². The molecule has 8 heteroatoms. The number of carbonyl (C=O) groups is 1. The maximum Gasteiger partial charge on any atom is 0.244 e. The lowest BCUT2D eigenvalue weighted by molar-refractivity contribution is -0.124. The first-order valence-corrected chi connectivity index (χ1v) is 7.13. The van der Waals surface area contributed by atoms with Gasteiger partial charge in [0.2, 0.25) is 15.9 Å². The van der Waals surface area contributed by atoms with E-state index in [2.05, 4.69) is 10.0 Å². The Labute approximate surface area is 109 Å². The second kappa shape index (κ2) is 5.22. The molecule has 1 aromatic rings. The second-order valence-electron chi connectivity index (χ2n) is 4.18.